The van der Waals surface area contributed by atoms with Gasteiger partial charge in [0.25, 0.3) is 0 Å². The molecular weight excluding hydrogens is 227 g/mol. The second-order valence-corrected chi connectivity index (χ2v) is 3.34. The van der Waals surface area contributed by atoms with Crippen molar-refractivity contribution >= 4 is 11.7 Å². The molecule has 0 radical (unpaired) electrons. The molecule has 88 valence electrons. The molecule has 0 aliphatic carbocycles. The van der Waals surface area contributed by atoms with Crippen LogP contribution in [-0.4, -0.2) is 11.1 Å². The highest BCUT2D eigenvalue weighted by Gasteiger charge is 2.12. The molecule has 0 amide bonds. The first-order chi connectivity index (χ1) is 8.16. The van der Waals surface area contributed by atoms with E-state index in [4.69, 9.17) is 10.5 Å². The Morgan fingerprint density at radius 3 is 3.06 bits per heavy atom. The van der Waals surface area contributed by atoms with Crippen LogP contribution in [0, 0.1) is 5.82 Å². The van der Waals surface area contributed by atoms with Gasteiger partial charge in [0.2, 0.25) is 0 Å². The Hall–Kier alpha value is -2.37. The third kappa shape index (κ3) is 2.60. The van der Waals surface area contributed by atoms with Gasteiger partial charge in [-0.15, -0.1) is 0 Å². The molecule has 0 atom stereocenters. The molecule has 5 nitrogen and oxygen atoms in total. The zero-order valence-corrected chi connectivity index (χ0v) is 8.72. The van der Waals surface area contributed by atoms with E-state index in [0.717, 1.165) is 6.07 Å². The lowest BCUT2D eigenvalue weighted by Crippen LogP contribution is -2.08. The van der Waals surface area contributed by atoms with Crippen molar-refractivity contribution in [2.45, 2.75) is 6.61 Å². The van der Waals surface area contributed by atoms with Crippen LogP contribution in [-0.2, 0) is 11.3 Å². The van der Waals surface area contributed by atoms with Crippen LogP contribution in [0.5, 0.6) is 0 Å². The molecule has 0 spiro atoms. The van der Waals surface area contributed by atoms with Crippen LogP contribution in [0.4, 0.5) is 10.1 Å². The molecule has 0 aliphatic heterocycles. The van der Waals surface area contributed by atoms with Gasteiger partial charge in [-0.1, -0.05) is 5.16 Å². The number of halogens is 1. The summed E-state index contributed by atoms with van der Waals surface area (Å²) in [5.74, 6) is -1.24. The van der Waals surface area contributed by atoms with Gasteiger partial charge in [0.1, 0.15) is 18.7 Å². The lowest BCUT2D eigenvalue weighted by atomic mass is 10.2. The number of hydrogen-bond donors (Lipinski definition) is 1. The number of esters is 1. The molecule has 0 unspecified atom stereocenters. The SMILES string of the molecule is Nc1ccc(F)cc1C(=O)OCc1cnoc1. The first-order valence-electron chi connectivity index (χ1n) is 4.77. The number of aromatic nitrogens is 1. The van der Waals surface area contributed by atoms with Gasteiger partial charge in [0, 0.05) is 11.3 Å². The maximum absolute atomic E-state index is 12.9. The summed E-state index contributed by atoms with van der Waals surface area (Å²) in [6, 6.07) is 3.52. The van der Waals surface area contributed by atoms with Crippen molar-refractivity contribution in [1.82, 2.24) is 5.16 Å². The number of nitrogens with zero attached hydrogens (tertiary/aromatic N) is 1. The Balaban J connectivity index is 2.07. The van der Waals surface area contributed by atoms with Gasteiger partial charge in [-0.2, -0.15) is 0 Å². The zero-order valence-electron chi connectivity index (χ0n) is 8.72. The fraction of sp³-hybridized carbons (Fsp3) is 0.0909. The van der Waals surface area contributed by atoms with Crippen LogP contribution in [0.15, 0.2) is 35.2 Å². The quantitative estimate of drug-likeness (QED) is 0.648. The van der Waals surface area contributed by atoms with Gasteiger partial charge in [-0.05, 0) is 18.2 Å². The number of ether oxygens (including phenoxy) is 1. The normalized spacial score (nSPS) is 10.2. The standard InChI is InChI=1S/C11H9FN2O3/c12-8-1-2-10(13)9(3-8)11(15)16-5-7-4-14-17-6-7/h1-4,6H,5,13H2. The average molecular weight is 236 g/mol. The van der Waals surface area contributed by atoms with E-state index in [0.29, 0.717) is 5.56 Å². The van der Waals surface area contributed by atoms with Crippen LogP contribution in [0.3, 0.4) is 0 Å². The van der Waals surface area contributed by atoms with E-state index in [1.165, 1.54) is 24.6 Å². The zero-order chi connectivity index (χ0) is 12.3. The van der Waals surface area contributed by atoms with Crippen LogP contribution >= 0.6 is 0 Å². The summed E-state index contributed by atoms with van der Waals surface area (Å²) in [7, 11) is 0. The lowest BCUT2D eigenvalue weighted by molar-refractivity contribution is 0.0473. The molecule has 2 N–H and O–H groups in total. The summed E-state index contributed by atoms with van der Waals surface area (Å²) >= 11 is 0. The molecule has 2 rings (SSSR count). The minimum atomic E-state index is -0.691. The monoisotopic (exact) mass is 236 g/mol. The second kappa shape index (κ2) is 4.65. The van der Waals surface area contributed by atoms with Crippen LogP contribution in [0.1, 0.15) is 15.9 Å². The molecule has 1 aromatic heterocycles. The van der Waals surface area contributed by atoms with Crippen LogP contribution < -0.4 is 5.73 Å². The maximum Gasteiger partial charge on any atom is 0.340 e. The molecular formula is C11H9FN2O3. The van der Waals surface area contributed by atoms with Gasteiger partial charge >= 0.3 is 5.97 Å². The second-order valence-electron chi connectivity index (χ2n) is 3.34. The maximum atomic E-state index is 12.9. The number of rotatable bonds is 3. The number of nitrogens with two attached hydrogens (primary N) is 1. The van der Waals surface area contributed by atoms with Crippen molar-refractivity contribution in [1.29, 1.82) is 0 Å². The number of benzene rings is 1. The van der Waals surface area contributed by atoms with E-state index in [2.05, 4.69) is 9.68 Å². The van der Waals surface area contributed by atoms with E-state index < -0.39 is 11.8 Å². The molecule has 0 saturated heterocycles. The van der Waals surface area contributed by atoms with Gasteiger partial charge < -0.3 is 15.0 Å². The highest BCUT2D eigenvalue weighted by atomic mass is 19.1. The minimum absolute atomic E-state index is 0.00135. The van der Waals surface area contributed by atoms with E-state index in [1.54, 1.807) is 0 Å². The Labute approximate surface area is 96.0 Å². The summed E-state index contributed by atoms with van der Waals surface area (Å²) in [5.41, 5.74) is 6.32. The lowest BCUT2D eigenvalue weighted by Gasteiger charge is -2.05. The summed E-state index contributed by atoms with van der Waals surface area (Å²) < 4.78 is 22.4. The minimum Gasteiger partial charge on any atom is -0.457 e. The molecule has 0 saturated carbocycles. The van der Waals surface area contributed by atoms with Crippen LogP contribution in [0.2, 0.25) is 0 Å². The molecule has 6 heteroatoms. The first-order valence-corrected chi connectivity index (χ1v) is 4.77. The molecule has 0 aliphatic rings. The van der Waals surface area contributed by atoms with Gasteiger partial charge in [0.15, 0.2) is 0 Å². The van der Waals surface area contributed by atoms with Crippen molar-refractivity contribution in [2.75, 3.05) is 5.73 Å². The smallest absolute Gasteiger partial charge is 0.340 e. The number of carbonyl (C=O) groups is 1. The Kier molecular flexibility index (Phi) is 3.04. The highest BCUT2D eigenvalue weighted by molar-refractivity contribution is 5.94. The third-order valence-corrected chi connectivity index (χ3v) is 2.09. The predicted octanol–water partition coefficient (Wildman–Crippen LogP) is 1.75. The molecule has 2 aromatic rings. The fourth-order valence-corrected chi connectivity index (χ4v) is 1.23. The van der Waals surface area contributed by atoms with E-state index in [-0.39, 0.29) is 17.9 Å². The van der Waals surface area contributed by atoms with Crippen LogP contribution in [0.25, 0.3) is 0 Å². The number of anilines is 1. The van der Waals surface area contributed by atoms with E-state index >= 15 is 0 Å². The molecule has 1 aromatic carbocycles. The molecule has 0 bridgehead atoms. The average Bonchev–Trinajstić information content (AvgIpc) is 2.82. The fourth-order valence-electron chi connectivity index (χ4n) is 1.23. The summed E-state index contributed by atoms with van der Waals surface area (Å²) in [4.78, 5) is 11.6. The van der Waals surface area contributed by atoms with E-state index in [1.807, 2.05) is 0 Å². The van der Waals surface area contributed by atoms with Crippen molar-refractivity contribution in [3.8, 4) is 0 Å². The number of carbonyl (C=O) groups excluding carboxylic acids is 1. The van der Waals surface area contributed by atoms with Crippen molar-refractivity contribution in [2.24, 2.45) is 0 Å². The topological polar surface area (TPSA) is 78.4 Å². The molecule has 17 heavy (non-hydrogen) atoms. The van der Waals surface area contributed by atoms with Crippen molar-refractivity contribution < 1.29 is 18.4 Å². The Morgan fingerprint density at radius 2 is 2.35 bits per heavy atom. The number of hydrogen-bond acceptors (Lipinski definition) is 5. The first kappa shape index (κ1) is 11.1. The summed E-state index contributed by atoms with van der Waals surface area (Å²) in [6.07, 6.45) is 2.77. The van der Waals surface area contributed by atoms with Gasteiger partial charge in [0.05, 0.1) is 11.8 Å². The van der Waals surface area contributed by atoms with E-state index in [9.17, 15) is 9.18 Å². The van der Waals surface area contributed by atoms with Crippen molar-refractivity contribution in [3.63, 3.8) is 0 Å². The Bertz CT molecular complexity index is 526. The molecule has 1 heterocycles. The number of nitrogen functional groups attached to an aromatic ring is 1. The molecule has 0 fully saturated rings. The van der Waals surface area contributed by atoms with Gasteiger partial charge in [-0.25, -0.2) is 9.18 Å². The highest BCUT2D eigenvalue weighted by Crippen LogP contribution is 2.15. The Morgan fingerprint density at radius 1 is 1.53 bits per heavy atom. The third-order valence-electron chi connectivity index (χ3n) is 2.09. The predicted molar refractivity (Wildman–Crippen MR) is 56.4 cm³/mol. The van der Waals surface area contributed by atoms with Gasteiger partial charge in [-0.3, -0.25) is 0 Å². The van der Waals surface area contributed by atoms with Crippen molar-refractivity contribution in [3.05, 3.63) is 47.6 Å². The summed E-state index contributed by atoms with van der Waals surface area (Å²) in [6.45, 7) is -0.00170. The largest absolute Gasteiger partial charge is 0.457 e. The summed E-state index contributed by atoms with van der Waals surface area (Å²) in [5, 5.41) is 3.45.